The van der Waals surface area contributed by atoms with E-state index >= 15 is 0 Å². The predicted molar refractivity (Wildman–Crippen MR) is 67.8 cm³/mol. The predicted octanol–water partition coefficient (Wildman–Crippen LogP) is 0.232. The van der Waals surface area contributed by atoms with Gasteiger partial charge in [-0.2, -0.15) is 0 Å². The van der Waals surface area contributed by atoms with Crippen LogP contribution in [-0.2, 0) is 14.6 Å². The number of aliphatic hydroxyl groups excluding tert-OH is 1. The molecule has 2 aliphatic rings. The molecule has 5 nitrogen and oxygen atoms in total. The normalized spacial score (nSPS) is 29.9. The molecule has 0 bridgehead atoms. The standard InChI is InChI=1S/C12H21NO4S/c14-9-12(5-2-1-3-6-12)13-11(15)10-4-7-18(16,17)8-10/h10,14H,1-9H2,(H,13,15). The van der Waals surface area contributed by atoms with Gasteiger partial charge in [-0.3, -0.25) is 4.79 Å². The summed E-state index contributed by atoms with van der Waals surface area (Å²) in [6, 6.07) is 0. The Morgan fingerprint density at radius 3 is 2.44 bits per heavy atom. The number of carbonyl (C=O) groups excluding carboxylic acids is 1. The van der Waals surface area contributed by atoms with E-state index in [4.69, 9.17) is 0 Å². The number of sulfone groups is 1. The van der Waals surface area contributed by atoms with Crippen molar-refractivity contribution in [1.82, 2.24) is 5.32 Å². The van der Waals surface area contributed by atoms with E-state index in [0.29, 0.717) is 6.42 Å². The lowest BCUT2D eigenvalue weighted by molar-refractivity contribution is -0.127. The Balaban J connectivity index is 1.98. The zero-order valence-corrected chi connectivity index (χ0v) is 11.3. The van der Waals surface area contributed by atoms with Crippen LogP contribution in [0.15, 0.2) is 0 Å². The number of hydrogen-bond acceptors (Lipinski definition) is 4. The van der Waals surface area contributed by atoms with Gasteiger partial charge in [0.25, 0.3) is 0 Å². The Bertz CT molecular complexity index is 412. The molecule has 2 fully saturated rings. The van der Waals surface area contributed by atoms with Crippen LogP contribution >= 0.6 is 0 Å². The Hall–Kier alpha value is -0.620. The molecule has 1 aliphatic heterocycles. The summed E-state index contributed by atoms with van der Waals surface area (Å²) >= 11 is 0. The third-order valence-electron chi connectivity index (χ3n) is 4.10. The smallest absolute Gasteiger partial charge is 0.224 e. The summed E-state index contributed by atoms with van der Waals surface area (Å²) in [6.45, 7) is -0.0573. The van der Waals surface area contributed by atoms with Crippen molar-refractivity contribution in [2.24, 2.45) is 5.92 Å². The number of hydrogen-bond donors (Lipinski definition) is 2. The highest BCUT2D eigenvalue weighted by Crippen LogP contribution is 2.29. The van der Waals surface area contributed by atoms with E-state index in [0.717, 1.165) is 32.1 Å². The summed E-state index contributed by atoms with van der Waals surface area (Å²) in [7, 11) is -3.03. The number of amides is 1. The molecule has 0 aromatic carbocycles. The fourth-order valence-electron chi connectivity index (χ4n) is 2.92. The second-order valence-corrected chi connectivity index (χ2v) is 7.82. The summed E-state index contributed by atoms with van der Waals surface area (Å²) in [5.74, 6) is -0.565. The first-order valence-electron chi connectivity index (χ1n) is 6.60. The summed E-state index contributed by atoms with van der Waals surface area (Å²) < 4.78 is 22.7. The van der Waals surface area contributed by atoms with Gasteiger partial charge in [0.1, 0.15) is 0 Å². The van der Waals surface area contributed by atoms with E-state index in [1.54, 1.807) is 0 Å². The van der Waals surface area contributed by atoms with Crippen LogP contribution in [0.5, 0.6) is 0 Å². The van der Waals surface area contributed by atoms with Gasteiger partial charge in [-0.15, -0.1) is 0 Å². The van der Waals surface area contributed by atoms with Gasteiger partial charge in [-0.1, -0.05) is 19.3 Å². The SMILES string of the molecule is O=C(NC1(CO)CCCCC1)C1CCS(=O)(=O)C1. The van der Waals surface area contributed by atoms with Gasteiger partial charge in [0.15, 0.2) is 9.84 Å². The molecular formula is C12H21NO4S. The Morgan fingerprint density at radius 1 is 1.28 bits per heavy atom. The first-order chi connectivity index (χ1) is 8.46. The molecule has 6 heteroatoms. The molecule has 18 heavy (non-hydrogen) atoms. The lowest BCUT2D eigenvalue weighted by Crippen LogP contribution is -2.54. The van der Waals surface area contributed by atoms with Crippen LogP contribution in [0, 0.1) is 5.92 Å². The van der Waals surface area contributed by atoms with E-state index in [1.807, 2.05) is 0 Å². The van der Waals surface area contributed by atoms with Gasteiger partial charge in [0.2, 0.25) is 5.91 Å². The van der Waals surface area contributed by atoms with Gasteiger partial charge < -0.3 is 10.4 Å². The van der Waals surface area contributed by atoms with Crippen molar-refractivity contribution in [1.29, 1.82) is 0 Å². The van der Waals surface area contributed by atoms with Gasteiger partial charge in [-0.25, -0.2) is 8.42 Å². The van der Waals surface area contributed by atoms with Gasteiger partial charge >= 0.3 is 0 Å². The summed E-state index contributed by atoms with van der Waals surface area (Å²) in [5, 5.41) is 12.4. The molecule has 1 amide bonds. The maximum Gasteiger partial charge on any atom is 0.224 e. The molecule has 0 radical (unpaired) electrons. The lowest BCUT2D eigenvalue weighted by atomic mass is 9.82. The van der Waals surface area contributed by atoms with E-state index in [9.17, 15) is 18.3 Å². The molecule has 0 spiro atoms. The minimum Gasteiger partial charge on any atom is -0.394 e. The van der Waals surface area contributed by atoms with E-state index in [1.165, 1.54) is 0 Å². The average molecular weight is 275 g/mol. The summed E-state index contributed by atoms with van der Waals surface area (Å²) in [5.41, 5.74) is -0.512. The molecule has 1 saturated carbocycles. The van der Waals surface area contributed by atoms with Gasteiger partial charge in [0.05, 0.1) is 29.6 Å². The number of nitrogens with one attached hydrogen (secondary N) is 1. The molecule has 0 aromatic heterocycles. The van der Waals surface area contributed by atoms with Crippen molar-refractivity contribution >= 4 is 15.7 Å². The van der Waals surface area contributed by atoms with Crippen molar-refractivity contribution in [2.75, 3.05) is 18.1 Å². The van der Waals surface area contributed by atoms with E-state index < -0.39 is 21.3 Å². The molecule has 2 N–H and O–H groups in total. The van der Waals surface area contributed by atoms with E-state index in [-0.39, 0.29) is 24.0 Å². The van der Waals surface area contributed by atoms with Crippen LogP contribution in [0.4, 0.5) is 0 Å². The van der Waals surface area contributed by atoms with Crippen molar-refractivity contribution in [3.05, 3.63) is 0 Å². The van der Waals surface area contributed by atoms with Crippen LogP contribution in [0.2, 0.25) is 0 Å². The molecular weight excluding hydrogens is 254 g/mol. The molecule has 104 valence electrons. The highest BCUT2D eigenvalue weighted by Gasteiger charge is 2.38. The quantitative estimate of drug-likeness (QED) is 0.772. The van der Waals surface area contributed by atoms with Crippen LogP contribution in [0.25, 0.3) is 0 Å². The van der Waals surface area contributed by atoms with Crippen molar-refractivity contribution in [3.63, 3.8) is 0 Å². The first-order valence-corrected chi connectivity index (χ1v) is 8.42. The zero-order chi connectivity index (χ0) is 13.2. The Kier molecular flexibility index (Phi) is 3.96. The second kappa shape index (κ2) is 5.17. The Morgan fingerprint density at radius 2 is 1.94 bits per heavy atom. The molecule has 1 atom stereocenters. The second-order valence-electron chi connectivity index (χ2n) is 5.59. The monoisotopic (exact) mass is 275 g/mol. The molecule has 1 unspecified atom stereocenters. The fourth-order valence-corrected chi connectivity index (χ4v) is 4.66. The van der Waals surface area contributed by atoms with Gasteiger partial charge in [0, 0.05) is 0 Å². The topological polar surface area (TPSA) is 83.5 Å². The largest absolute Gasteiger partial charge is 0.394 e. The van der Waals surface area contributed by atoms with Crippen LogP contribution in [0.3, 0.4) is 0 Å². The summed E-state index contributed by atoms with van der Waals surface area (Å²) in [6.07, 6.45) is 5.13. The number of rotatable bonds is 3. The van der Waals surface area contributed by atoms with Crippen LogP contribution in [0.1, 0.15) is 38.5 Å². The fraction of sp³-hybridized carbons (Fsp3) is 0.917. The molecule has 1 heterocycles. The van der Waals surface area contributed by atoms with Crippen molar-refractivity contribution in [3.8, 4) is 0 Å². The average Bonchev–Trinajstić information content (AvgIpc) is 2.71. The van der Waals surface area contributed by atoms with Crippen molar-refractivity contribution in [2.45, 2.75) is 44.1 Å². The Labute approximate surface area is 108 Å². The third-order valence-corrected chi connectivity index (χ3v) is 5.87. The first kappa shape index (κ1) is 13.8. The number of aliphatic hydroxyl groups is 1. The maximum atomic E-state index is 12.1. The molecule has 1 aliphatic carbocycles. The third kappa shape index (κ3) is 3.03. The molecule has 0 aromatic rings. The van der Waals surface area contributed by atoms with E-state index in [2.05, 4.69) is 5.32 Å². The zero-order valence-electron chi connectivity index (χ0n) is 10.5. The molecule has 2 rings (SSSR count). The summed E-state index contributed by atoms with van der Waals surface area (Å²) in [4.78, 5) is 12.1. The van der Waals surface area contributed by atoms with Gasteiger partial charge in [-0.05, 0) is 19.3 Å². The minimum absolute atomic E-state index is 0.0413. The maximum absolute atomic E-state index is 12.1. The molecule has 1 saturated heterocycles. The van der Waals surface area contributed by atoms with Crippen LogP contribution < -0.4 is 5.32 Å². The highest BCUT2D eigenvalue weighted by molar-refractivity contribution is 7.91. The van der Waals surface area contributed by atoms with Crippen molar-refractivity contribution < 1.29 is 18.3 Å². The highest BCUT2D eigenvalue weighted by atomic mass is 32.2. The minimum atomic E-state index is -3.03. The lowest BCUT2D eigenvalue weighted by Gasteiger charge is -2.37. The number of carbonyl (C=O) groups is 1. The van der Waals surface area contributed by atoms with Crippen LogP contribution in [-0.4, -0.2) is 43.1 Å².